The number of nitrogens with one attached hydrogen (secondary N) is 1. The zero-order valence-corrected chi connectivity index (χ0v) is 16.4. The molecule has 2 unspecified atom stereocenters. The largest absolute Gasteiger partial charge is 0.454 e. The van der Waals surface area contributed by atoms with E-state index in [1.807, 2.05) is 0 Å². The Morgan fingerprint density at radius 2 is 1.78 bits per heavy atom. The first-order valence-corrected chi connectivity index (χ1v) is 9.46. The Balaban J connectivity index is 1.55. The Labute approximate surface area is 180 Å². The van der Waals surface area contributed by atoms with Gasteiger partial charge in [0.05, 0.1) is 5.69 Å². The first-order valence-electron chi connectivity index (χ1n) is 9.46. The van der Waals surface area contributed by atoms with Gasteiger partial charge in [-0.25, -0.2) is 18.2 Å². The van der Waals surface area contributed by atoms with E-state index in [0.29, 0.717) is 5.56 Å². The van der Waals surface area contributed by atoms with Crippen molar-refractivity contribution in [3.8, 4) is 11.5 Å². The van der Waals surface area contributed by atoms with Gasteiger partial charge in [0, 0.05) is 30.3 Å². The minimum absolute atomic E-state index is 0.0640. The lowest BCUT2D eigenvalue weighted by atomic mass is 9.97. The number of rotatable bonds is 6. The summed E-state index contributed by atoms with van der Waals surface area (Å²) in [5.74, 6) is -5.00. The molecule has 10 heteroatoms. The van der Waals surface area contributed by atoms with Crippen LogP contribution in [0.5, 0.6) is 11.5 Å². The van der Waals surface area contributed by atoms with E-state index in [-0.39, 0.29) is 18.0 Å². The van der Waals surface area contributed by atoms with Crippen molar-refractivity contribution in [3.63, 3.8) is 0 Å². The minimum Gasteiger partial charge on any atom is -0.454 e. The summed E-state index contributed by atoms with van der Waals surface area (Å²) in [7, 11) is 0. The summed E-state index contributed by atoms with van der Waals surface area (Å²) in [4.78, 5) is 28.7. The van der Waals surface area contributed by atoms with Gasteiger partial charge in [0.1, 0.15) is 22.8 Å². The van der Waals surface area contributed by atoms with Gasteiger partial charge in [-0.3, -0.25) is 9.59 Å². The molecule has 2 atom stereocenters. The molecule has 1 aromatic heterocycles. The van der Waals surface area contributed by atoms with Crippen LogP contribution in [-0.2, 0) is 9.59 Å². The molecule has 1 heterocycles. The average Bonchev–Trinajstić information content (AvgIpc) is 3.49. The molecule has 164 valence electrons. The zero-order chi connectivity index (χ0) is 23.0. The van der Waals surface area contributed by atoms with Gasteiger partial charge < -0.3 is 21.5 Å². The standard InChI is InChI=1S/C22H17F3N4O3/c23-12-3-1-11(2-4-12)14-10-22(14,20(27)30)21(31)29-17-8-16(25)18(9-15(17)24)32-13-5-6-28-19(26)7-13/h1-9,14H,10H2,(H2,26,28)(H2,27,30)(H,29,31). The Bertz CT molecular complexity index is 1220. The number of benzene rings is 2. The first kappa shape index (κ1) is 21.2. The molecule has 2 aromatic carbocycles. The van der Waals surface area contributed by atoms with Crippen molar-refractivity contribution in [2.45, 2.75) is 12.3 Å². The van der Waals surface area contributed by atoms with E-state index in [0.717, 1.165) is 12.1 Å². The van der Waals surface area contributed by atoms with Gasteiger partial charge >= 0.3 is 0 Å². The molecular formula is C22H17F3N4O3. The fourth-order valence-corrected chi connectivity index (χ4v) is 3.55. The number of nitrogens with two attached hydrogens (primary N) is 2. The SMILES string of the molecule is NC(=O)C1(C(=O)Nc2cc(F)c(Oc3ccnc(N)c3)cc2F)CC1c1ccc(F)cc1. The smallest absolute Gasteiger partial charge is 0.240 e. The average molecular weight is 442 g/mol. The molecule has 7 nitrogen and oxygen atoms in total. The van der Waals surface area contributed by atoms with E-state index in [4.69, 9.17) is 16.2 Å². The van der Waals surface area contributed by atoms with Crippen LogP contribution >= 0.6 is 0 Å². The van der Waals surface area contributed by atoms with E-state index < -0.39 is 52.0 Å². The number of aromatic nitrogens is 1. The van der Waals surface area contributed by atoms with Crippen LogP contribution in [0.1, 0.15) is 17.9 Å². The highest BCUT2D eigenvalue weighted by Crippen LogP contribution is 2.59. The second kappa shape index (κ2) is 7.88. The van der Waals surface area contributed by atoms with E-state index in [1.165, 1.54) is 42.6 Å². The molecular weight excluding hydrogens is 425 g/mol. The van der Waals surface area contributed by atoms with Crippen molar-refractivity contribution < 1.29 is 27.5 Å². The van der Waals surface area contributed by atoms with Crippen molar-refractivity contribution in [1.29, 1.82) is 0 Å². The molecule has 0 aliphatic heterocycles. The maximum absolute atomic E-state index is 14.6. The number of nitrogens with zero attached hydrogens (tertiary/aromatic N) is 1. The molecule has 0 bridgehead atoms. The van der Waals surface area contributed by atoms with Crippen LogP contribution in [-0.4, -0.2) is 16.8 Å². The number of carbonyl (C=O) groups excluding carboxylic acids is 2. The number of anilines is 2. The number of hydrogen-bond donors (Lipinski definition) is 3. The van der Waals surface area contributed by atoms with E-state index >= 15 is 0 Å². The third-order valence-corrected chi connectivity index (χ3v) is 5.33. The predicted octanol–water partition coefficient (Wildman–Crippen LogP) is 3.47. The number of hydrogen-bond acceptors (Lipinski definition) is 5. The van der Waals surface area contributed by atoms with E-state index in [9.17, 15) is 22.8 Å². The summed E-state index contributed by atoms with van der Waals surface area (Å²) in [6.07, 6.45) is 1.40. The lowest BCUT2D eigenvalue weighted by molar-refractivity contribution is -0.132. The first-order chi connectivity index (χ1) is 15.2. The molecule has 1 saturated carbocycles. The van der Waals surface area contributed by atoms with Gasteiger partial charge in [-0.2, -0.15) is 0 Å². The normalized spacial score (nSPS) is 19.3. The van der Waals surface area contributed by atoms with Gasteiger partial charge in [-0.1, -0.05) is 12.1 Å². The predicted molar refractivity (Wildman–Crippen MR) is 109 cm³/mol. The van der Waals surface area contributed by atoms with Crippen molar-refractivity contribution in [2.75, 3.05) is 11.1 Å². The summed E-state index contributed by atoms with van der Waals surface area (Å²) in [5.41, 5.74) is 9.39. The topological polar surface area (TPSA) is 120 Å². The van der Waals surface area contributed by atoms with Crippen LogP contribution in [0.4, 0.5) is 24.7 Å². The highest BCUT2D eigenvalue weighted by atomic mass is 19.1. The molecule has 3 aromatic rings. The van der Waals surface area contributed by atoms with Crippen molar-refractivity contribution in [2.24, 2.45) is 11.1 Å². The van der Waals surface area contributed by atoms with Gasteiger partial charge in [-0.15, -0.1) is 0 Å². The maximum atomic E-state index is 14.6. The summed E-state index contributed by atoms with van der Waals surface area (Å²) in [5, 5.41) is 2.23. The Morgan fingerprint density at radius 1 is 1.06 bits per heavy atom. The van der Waals surface area contributed by atoms with Crippen LogP contribution in [0.2, 0.25) is 0 Å². The number of pyridine rings is 1. The summed E-state index contributed by atoms with van der Waals surface area (Å²) in [6.45, 7) is 0. The maximum Gasteiger partial charge on any atom is 0.240 e. The Hall–Kier alpha value is -4.08. The Kier molecular flexibility index (Phi) is 5.21. The monoisotopic (exact) mass is 442 g/mol. The number of carbonyl (C=O) groups is 2. The van der Waals surface area contributed by atoms with Gasteiger partial charge in [0.2, 0.25) is 11.8 Å². The lowest BCUT2D eigenvalue weighted by Gasteiger charge is -2.16. The third-order valence-electron chi connectivity index (χ3n) is 5.33. The van der Waals surface area contributed by atoms with Crippen molar-refractivity contribution >= 4 is 23.3 Å². The number of ether oxygens (including phenoxy) is 1. The van der Waals surface area contributed by atoms with Gasteiger partial charge in [0.15, 0.2) is 17.4 Å². The molecule has 1 fully saturated rings. The quantitative estimate of drug-likeness (QED) is 0.505. The highest BCUT2D eigenvalue weighted by Gasteiger charge is 2.65. The van der Waals surface area contributed by atoms with E-state index in [1.54, 1.807) is 0 Å². The molecule has 32 heavy (non-hydrogen) atoms. The van der Waals surface area contributed by atoms with Crippen LogP contribution in [0.15, 0.2) is 54.7 Å². The van der Waals surface area contributed by atoms with Crippen molar-refractivity contribution in [3.05, 3.63) is 77.7 Å². The number of nitrogen functional groups attached to an aromatic ring is 1. The number of amides is 2. The highest BCUT2D eigenvalue weighted by molar-refractivity contribution is 6.14. The van der Waals surface area contributed by atoms with Gasteiger partial charge in [-0.05, 0) is 30.2 Å². The molecule has 2 amide bonds. The number of primary amides is 1. The molecule has 5 N–H and O–H groups in total. The summed E-state index contributed by atoms with van der Waals surface area (Å²) >= 11 is 0. The minimum atomic E-state index is -1.65. The van der Waals surface area contributed by atoms with Crippen molar-refractivity contribution in [1.82, 2.24) is 4.98 Å². The molecule has 1 aliphatic carbocycles. The fraction of sp³-hybridized carbons (Fsp3) is 0.136. The number of halogens is 3. The van der Waals surface area contributed by atoms with E-state index in [2.05, 4.69) is 10.3 Å². The molecule has 0 radical (unpaired) electrons. The van der Waals surface area contributed by atoms with Crippen LogP contribution < -0.4 is 21.5 Å². The summed E-state index contributed by atoms with van der Waals surface area (Å²) in [6, 6.07) is 9.49. The Morgan fingerprint density at radius 3 is 2.44 bits per heavy atom. The zero-order valence-electron chi connectivity index (χ0n) is 16.4. The second-order valence-electron chi connectivity index (χ2n) is 7.38. The molecule has 1 aliphatic rings. The molecule has 0 spiro atoms. The third kappa shape index (κ3) is 3.82. The second-order valence-corrected chi connectivity index (χ2v) is 7.38. The lowest BCUT2D eigenvalue weighted by Crippen LogP contribution is -2.38. The van der Waals surface area contributed by atoms with Crippen LogP contribution in [0.3, 0.4) is 0 Å². The van der Waals surface area contributed by atoms with Gasteiger partial charge in [0.25, 0.3) is 0 Å². The van der Waals surface area contributed by atoms with Crippen LogP contribution in [0, 0.1) is 22.9 Å². The summed E-state index contributed by atoms with van der Waals surface area (Å²) < 4.78 is 47.5. The molecule has 4 rings (SSSR count). The van der Waals surface area contributed by atoms with Crippen LogP contribution in [0.25, 0.3) is 0 Å². The fourth-order valence-electron chi connectivity index (χ4n) is 3.55. The molecule has 0 saturated heterocycles.